The number of benzene rings is 1. The summed E-state index contributed by atoms with van der Waals surface area (Å²) >= 11 is 0. The summed E-state index contributed by atoms with van der Waals surface area (Å²) in [6.07, 6.45) is 1.62. The van der Waals surface area contributed by atoms with Crippen LogP contribution in [0.15, 0.2) is 29.8 Å². The number of hydrogen-bond acceptors (Lipinski definition) is 3. The molecular formula is C12H14O3. The van der Waals surface area contributed by atoms with Crippen LogP contribution in [0.3, 0.4) is 0 Å². The molecule has 0 aromatic heterocycles. The molecule has 1 N–H and O–H groups in total. The van der Waals surface area contributed by atoms with E-state index in [-0.39, 0.29) is 12.2 Å². The van der Waals surface area contributed by atoms with Gasteiger partial charge in [-0.05, 0) is 18.6 Å². The van der Waals surface area contributed by atoms with E-state index in [1.165, 1.54) is 7.11 Å². The smallest absolute Gasteiger partial charge is 0.336 e. The van der Waals surface area contributed by atoms with E-state index >= 15 is 0 Å². The van der Waals surface area contributed by atoms with Crippen molar-refractivity contribution in [1.29, 1.82) is 0 Å². The molecule has 0 unspecified atom stereocenters. The monoisotopic (exact) mass is 206 g/mol. The topological polar surface area (TPSA) is 46.5 Å². The Morgan fingerprint density at radius 2 is 2.00 bits per heavy atom. The number of carbonyl (C=O) groups is 1. The molecule has 15 heavy (non-hydrogen) atoms. The maximum Gasteiger partial charge on any atom is 0.336 e. The predicted octanol–water partition coefficient (Wildman–Crippen LogP) is 1.54. The van der Waals surface area contributed by atoms with Gasteiger partial charge in [0.2, 0.25) is 0 Å². The number of aryl methyl sites for hydroxylation is 1. The predicted molar refractivity (Wildman–Crippen MR) is 58.3 cm³/mol. The van der Waals surface area contributed by atoms with Gasteiger partial charge < -0.3 is 9.84 Å². The van der Waals surface area contributed by atoms with Crippen LogP contribution >= 0.6 is 0 Å². The average Bonchev–Trinajstić information content (AvgIpc) is 2.27. The highest BCUT2D eigenvalue weighted by molar-refractivity contribution is 5.93. The van der Waals surface area contributed by atoms with Gasteiger partial charge in [0.25, 0.3) is 0 Å². The van der Waals surface area contributed by atoms with E-state index in [0.29, 0.717) is 0 Å². The van der Waals surface area contributed by atoms with Gasteiger partial charge in [-0.25, -0.2) is 4.79 Å². The minimum atomic E-state index is -0.502. The Balaban J connectivity index is 2.93. The summed E-state index contributed by atoms with van der Waals surface area (Å²) in [4.78, 5) is 11.2. The van der Waals surface area contributed by atoms with Gasteiger partial charge in [0.05, 0.1) is 19.3 Å². The summed E-state index contributed by atoms with van der Waals surface area (Å²) in [5.41, 5.74) is 2.27. The van der Waals surface area contributed by atoms with Crippen molar-refractivity contribution in [2.45, 2.75) is 6.92 Å². The number of methoxy groups -OCH3 is 1. The zero-order valence-electron chi connectivity index (χ0n) is 8.86. The zero-order valence-corrected chi connectivity index (χ0v) is 8.86. The SMILES string of the molecule is COC(=O)/C(=C/c1ccc(C)cc1)CO. The summed E-state index contributed by atoms with van der Waals surface area (Å²) < 4.78 is 4.53. The van der Waals surface area contributed by atoms with E-state index in [4.69, 9.17) is 5.11 Å². The van der Waals surface area contributed by atoms with E-state index in [1.54, 1.807) is 6.08 Å². The first kappa shape index (κ1) is 11.5. The van der Waals surface area contributed by atoms with Crippen molar-refractivity contribution in [3.05, 3.63) is 41.0 Å². The maximum atomic E-state index is 11.2. The third-order valence-electron chi connectivity index (χ3n) is 2.04. The number of aliphatic hydroxyl groups is 1. The standard InChI is InChI=1S/C12H14O3/c1-9-3-5-10(6-4-9)7-11(8-13)12(14)15-2/h3-7,13H,8H2,1-2H3/b11-7+. The van der Waals surface area contributed by atoms with E-state index in [0.717, 1.165) is 11.1 Å². The molecule has 0 bridgehead atoms. The molecule has 1 aromatic rings. The quantitative estimate of drug-likeness (QED) is 0.602. The molecule has 0 saturated carbocycles. The Labute approximate surface area is 89.0 Å². The zero-order chi connectivity index (χ0) is 11.3. The molecule has 3 heteroatoms. The highest BCUT2D eigenvalue weighted by Crippen LogP contribution is 2.09. The van der Waals surface area contributed by atoms with Crippen LogP contribution in [0.5, 0.6) is 0 Å². The molecule has 0 spiro atoms. The maximum absolute atomic E-state index is 11.2. The Hall–Kier alpha value is -1.61. The van der Waals surface area contributed by atoms with Gasteiger partial charge in [0.1, 0.15) is 0 Å². The Morgan fingerprint density at radius 3 is 2.47 bits per heavy atom. The lowest BCUT2D eigenvalue weighted by Gasteiger charge is -2.01. The summed E-state index contributed by atoms with van der Waals surface area (Å²) in [7, 11) is 1.29. The molecule has 1 rings (SSSR count). The largest absolute Gasteiger partial charge is 0.466 e. The second kappa shape index (κ2) is 5.32. The number of ether oxygens (including phenoxy) is 1. The summed E-state index contributed by atoms with van der Waals surface area (Å²) in [5, 5.41) is 8.97. The molecule has 0 amide bonds. The average molecular weight is 206 g/mol. The summed E-state index contributed by atoms with van der Waals surface area (Å²) in [6.45, 7) is 1.67. The number of aliphatic hydroxyl groups excluding tert-OH is 1. The second-order valence-corrected chi connectivity index (χ2v) is 3.23. The van der Waals surface area contributed by atoms with Crippen molar-refractivity contribution in [2.75, 3.05) is 13.7 Å². The molecule has 0 aliphatic heterocycles. The fourth-order valence-electron chi connectivity index (χ4n) is 1.16. The number of carbonyl (C=O) groups excluding carboxylic acids is 1. The lowest BCUT2D eigenvalue weighted by Crippen LogP contribution is -2.07. The fourth-order valence-corrected chi connectivity index (χ4v) is 1.16. The van der Waals surface area contributed by atoms with Crippen molar-refractivity contribution < 1.29 is 14.6 Å². The van der Waals surface area contributed by atoms with Crippen LogP contribution in [0.4, 0.5) is 0 Å². The molecule has 3 nitrogen and oxygen atoms in total. The molecule has 80 valence electrons. The van der Waals surface area contributed by atoms with Gasteiger partial charge in [-0.3, -0.25) is 0 Å². The van der Waals surface area contributed by atoms with E-state index < -0.39 is 5.97 Å². The lowest BCUT2D eigenvalue weighted by molar-refractivity contribution is -0.136. The van der Waals surface area contributed by atoms with Crippen LogP contribution in [0.1, 0.15) is 11.1 Å². The van der Waals surface area contributed by atoms with Crippen molar-refractivity contribution in [3.8, 4) is 0 Å². The van der Waals surface area contributed by atoms with Crippen LogP contribution in [0.2, 0.25) is 0 Å². The molecule has 0 aliphatic carbocycles. The first-order valence-electron chi connectivity index (χ1n) is 4.63. The molecule has 0 aliphatic rings. The van der Waals surface area contributed by atoms with Crippen LogP contribution in [-0.4, -0.2) is 24.8 Å². The van der Waals surface area contributed by atoms with Gasteiger partial charge in [-0.1, -0.05) is 29.8 Å². The van der Waals surface area contributed by atoms with Crippen molar-refractivity contribution in [2.24, 2.45) is 0 Å². The first-order valence-corrected chi connectivity index (χ1v) is 4.63. The van der Waals surface area contributed by atoms with Crippen molar-refractivity contribution >= 4 is 12.0 Å². The van der Waals surface area contributed by atoms with Gasteiger partial charge >= 0.3 is 5.97 Å². The number of esters is 1. The van der Waals surface area contributed by atoms with E-state index in [9.17, 15) is 4.79 Å². The molecule has 0 saturated heterocycles. The van der Waals surface area contributed by atoms with Crippen molar-refractivity contribution in [3.63, 3.8) is 0 Å². The highest BCUT2D eigenvalue weighted by atomic mass is 16.5. The van der Waals surface area contributed by atoms with Gasteiger partial charge in [-0.15, -0.1) is 0 Å². The Bertz CT molecular complexity index is 363. The third kappa shape index (κ3) is 3.22. The van der Waals surface area contributed by atoms with Crippen molar-refractivity contribution in [1.82, 2.24) is 0 Å². The number of hydrogen-bond donors (Lipinski definition) is 1. The van der Waals surface area contributed by atoms with Crippen LogP contribution in [-0.2, 0) is 9.53 Å². The van der Waals surface area contributed by atoms with Gasteiger partial charge in [0, 0.05) is 0 Å². The lowest BCUT2D eigenvalue weighted by atomic mass is 10.1. The summed E-state index contributed by atoms with van der Waals surface area (Å²) in [5.74, 6) is -0.502. The second-order valence-electron chi connectivity index (χ2n) is 3.23. The van der Waals surface area contributed by atoms with Crippen LogP contribution < -0.4 is 0 Å². The Morgan fingerprint density at radius 1 is 1.40 bits per heavy atom. The molecule has 0 radical (unpaired) electrons. The first-order chi connectivity index (χ1) is 7.17. The molecule has 0 heterocycles. The minimum absolute atomic E-state index is 0.251. The van der Waals surface area contributed by atoms with Gasteiger partial charge in [0.15, 0.2) is 0 Å². The molecule has 0 fully saturated rings. The highest BCUT2D eigenvalue weighted by Gasteiger charge is 2.07. The molecule has 1 aromatic carbocycles. The fraction of sp³-hybridized carbons (Fsp3) is 0.250. The normalized spacial score (nSPS) is 11.3. The Kier molecular flexibility index (Phi) is 4.06. The molecule has 0 atom stereocenters. The number of rotatable bonds is 3. The van der Waals surface area contributed by atoms with Gasteiger partial charge in [-0.2, -0.15) is 0 Å². The molecular weight excluding hydrogens is 192 g/mol. The van der Waals surface area contributed by atoms with E-state index in [1.807, 2.05) is 31.2 Å². The van der Waals surface area contributed by atoms with Crippen LogP contribution in [0.25, 0.3) is 6.08 Å². The van der Waals surface area contributed by atoms with Crippen LogP contribution in [0, 0.1) is 6.92 Å². The minimum Gasteiger partial charge on any atom is -0.466 e. The summed E-state index contributed by atoms with van der Waals surface area (Å²) in [6, 6.07) is 7.65. The third-order valence-corrected chi connectivity index (χ3v) is 2.04. The van der Waals surface area contributed by atoms with E-state index in [2.05, 4.69) is 4.74 Å².